The molecule has 0 fully saturated rings. The second kappa shape index (κ2) is 12.4. The maximum Gasteiger partial charge on any atom is 0.339 e. The fourth-order valence-electron chi connectivity index (χ4n) is 0.308. The molecule has 0 radical (unpaired) electrons. The van der Waals surface area contributed by atoms with Gasteiger partial charge in [-0.1, -0.05) is 0 Å². The summed E-state index contributed by atoms with van der Waals surface area (Å²) in [6, 6.07) is 0. The van der Waals surface area contributed by atoms with Gasteiger partial charge in [-0.15, -0.1) is 0 Å². The van der Waals surface area contributed by atoms with Gasteiger partial charge in [-0.2, -0.15) is 0 Å². The van der Waals surface area contributed by atoms with Gasteiger partial charge >= 0.3 is 13.6 Å². The standard InChI is InChI=1S/C3H8NO5P.2H4N2/c5-3(6)1-4-2-10(7,8)9;2*1-2/h4H,1-2H2,(H,5,6)(H2,7,8,9);2*1-2H2. The number of hydrogen-bond acceptors (Lipinski definition) is 7. The second-order valence-electron chi connectivity index (χ2n) is 1.64. The average Bonchev–Trinajstić information content (AvgIpc) is 2.08. The zero-order chi connectivity index (χ0) is 12.2. The van der Waals surface area contributed by atoms with E-state index in [1.54, 1.807) is 0 Å². The molecule has 10 nitrogen and oxygen atoms in total. The molecule has 0 unspecified atom stereocenters. The minimum Gasteiger partial charge on any atom is -0.480 e. The molecular formula is C3H16N5O5P. The molecule has 0 aromatic carbocycles. The smallest absolute Gasteiger partial charge is 0.339 e. The Kier molecular flexibility index (Phi) is 16.9. The number of rotatable bonds is 4. The molecule has 0 atom stereocenters. The van der Waals surface area contributed by atoms with Crippen molar-refractivity contribution in [1.82, 2.24) is 5.32 Å². The second-order valence-corrected chi connectivity index (χ2v) is 3.29. The van der Waals surface area contributed by atoms with Crippen molar-refractivity contribution in [3.05, 3.63) is 0 Å². The van der Waals surface area contributed by atoms with Crippen LogP contribution in [-0.4, -0.2) is 33.7 Å². The van der Waals surface area contributed by atoms with Crippen molar-refractivity contribution in [1.29, 1.82) is 0 Å². The number of carboxylic acids is 1. The van der Waals surface area contributed by atoms with E-state index in [0.29, 0.717) is 0 Å². The summed E-state index contributed by atoms with van der Waals surface area (Å²) in [5.41, 5.74) is 0. The van der Waals surface area contributed by atoms with Crippen LogP contribution in [0.2, 0.25) is 0 Å². The fourth-order valence-corrected chi connectivity index (χ4v) is 0.712. The summed E-state index contributed by atoms with van der Waals surface area (Å²) in [7, 11) is -4.10. The van der Waals surface area contributed by atoms with Gasteiger partial charge in [0.15, 0.2) is 0 Å². The lowest BCUT2D eigenvalue weighted by Gasteiger charge is -2.02. The fraction of sp³-hybridized carbons (Fsp3) is 0.667. The van der Waals surface area contributed by atoms with E-state index in [1.807, 2.05) is 0 Å². The van der Waals surface area contributed by atoms with E-state index in [9.17, 15) is 9.36 Å². The van der Waals surface area contributed by atoms with Crippen LogP contribution in [-0.2, 0) is 9.36 Å². The Hall–Kier alpha value is -0.580. The molecule has 0 amide bonds. The quantitative estimate of drug-likeness (QED) is 0.136. The Bertz CT molecular complexity index is 171. The lowest BCUT2D eigenvalue weighted by atomic mass is 10.7. The highest BCUT2D eigenvalue weighted by Gasteiger charge is 2.11. The van der Waals surface area contributed by atoms with Crippen molar-refractivity contribution in [3.63, 3.8) is 0 Å². The van der Waals surface area contributed by atoms with Gasteiger partial charge < -0.3 is 14.9 Å². The molecule has 0 rings (SSSR count). The van der Waals surface area contributed by atoms with Crippen LogP contribution in [0.5, 0.6) is 0 Å². The van der Waals surface area contributed by atoms with Crippen molar-refractivity contribution in [3.8, 4) is 0 Å². The molecule has 0 spiro atoms. The van der Waals surface area contributed by atoms with E-state index >= 15 is 0 Å². The van der Waals surface area contributed by atoms with Crippen molar-refractivity contribution >= 4 is 13.6 Å². The SMILES string of the molecule is NN.NN.O=C(O)CNCP(=O)(O)O. The number of carboxylic acid groups (broad SMARTS) is 1. The molecule has 12 N–H and O–H groups in total. The van der Waals surface area contributed by atoms with Crippen LogP contribution < -0.4 is 28.7 Å². The third-order valence-electron chi connectivity index (χ3n) is 0.594. The summed E-state index contributed by atoms with van der Waals surface area (Å²) in [5.74, 6) is 14.9. The highest BCUT2D eigenvalue weighted by molar-refractivity contribution is 7.51. The highest BCUT2D eigenvalue weighted by Crippen LogP contribution is 2.31. The Morgan fingerprint density at radius 1 is 1.21 bits per heavy atom. The van der Waals surface area contributed by atoms with Crippen LogP contribution in [0.15, 0.2) is 0 Å². The predicted molar refractivity (Wildman–Crippen MR) is 49.3 cm³/mol. The van der Waals surface area contributed by atoms with Crippen LogP contribution >= 0.6 is 7.60 Å². The molecule has 0 aliphatic heterocycles. The van der Waals surface area contributed by atoms with Crippen molar-refractivity contribution in [2.24, 2.45) is 23.4 Å². The van der Waals surface area contributed by atoms with Crippen LogP contribution in [0.25, 0.3) is 0 Å². The monoisotopic (exact) mass is 233 g/mol. The third kappa shape index (κ3) is 30.1. The minimum atomic E-state index is -4.10. The van der Waals surface area contributed by atoms with Gasteiger partial charge in [-0.05, 0) is 0 Å². The summed E-state index contributed by atoms with van der Waals surface area (Å²) in [6.45, 7) is -0.439. The first-order chi connectivity index (χ1) is 6.42. The lowest BCUT2D eigenvalue weighted by Crippen LogP contribution is -2.23. The van der Waals surface area contributed by atoms with Crippen LogP contribution in [0.1, 0.15) is 0 Å². The number of hydrogen-bond donors (Lipinski definition) is 8. The third-order valence-corrected chi connectivity index (χ3v) is 1.23. The molecule has 0 saturated carbocycles. The first kappa shape index (κ1) is 19.1. The van der Waals surface area contributed by atoms with Crippen LogP contribution in [0.3, 0.4) is 0 Å². The summed E-state index contributed by atoms with van der Waals surface area (Å²) >= 11 is 0. The van der Waals surface area contributed by atoms with Gasteiger partial charge in [0.05, 0.1) is 12.8 Å². The summed E-state index contributed by atoms with van der Waals surface area (Å²) in [4.78, 5) is 26.1. The van der Waals surface area contributed by atoms with Gasteiger partial charge in [0, 0.05) is 0 Å². The minimum absolute atomic E-state index is 0.439. The Morgan fingerprint density at radius 3 is 1.79 bits per heavy atom. The largest absolute Gasteiger partial charge is 0.480 e. The first-order valence-corrected chi connectivity index (χ1v) is 4.85. The zero-order valence-electron chi connectivity index (χ0n) is 7.33. The number of nitrogens with one attached hydrogen (secondary N) is 1. The van der Waals surface area contributed by atoms with E-state index in [1.165, 1.54) is 0 Å². The lowest BCUT2D eigenvalue weighted by molar-refractivity contribution is -0.135. The van der Waals surface area contributed by atoms with Gasteiger partial charge in [-0.3, -0.25) is 38.0 Å². The Labute approximate surface area is 80.3 Å². The molecule has 0 heterocycles. The van der Waals surface area contributed by atoms with Gasteiger partial charge in [0.25, 0.3) is 0 Å². The highest BCUT2D eigenvalue weighted by atomic mass is 31.2. The van der Waals surface area contributed by atoms with E-state index in [2.05, 4.69) is 28.7 Å². The summed E-state index contributed by atoms with van der Waals surface area (Å²) in [5, 5.41) is 10.1. The molecule has 0 aliphatic carbocycles. The molecule has 14 heavy (non-hydrogen) atoms. The van der Waals surface area contributed by atoms with E-state index < -0.39 is 26.4 Å². The number of nitrogens with two attached hydrogens (primary N) is 4. The van der Waals surface area contributed by atoms with Gasteiger partial charge in [0.1, 0.15) is 0 Å². The topological polar surface area (TPSA) is 211 Å². The van der Waals surface area contributed by atoms with Gasteiger partial charge in [0.2, 0.25) is 0 Å². The van der Waals surface area contributed by atoms with Crippen molar-refractivity contribution < 1.29 is 24.3 Å². The molecule has 0 aromatic rings. The zero-order valence-corrected chi connectivity index (χ0v) is 8.22. The normalized spacial score (nSPS) is 9.00. The number of carbonyl (C=O) groups is 1. The maximum atomic E-state index is 10.1. The molecule has 11 heteroatoms. The summed E-state index contributed by atoms with van der Waals surface area (Å²) < 4.78 is 10.1. The first-order valence-electron chi connectivity index (χ1n) is 3.05. The molecule has 0 bridgehead atoms. The molecular weight excluding hydrogens is 217 g/mol. The Balaban J connectivity index is -0.000000266. The average molecular weight is 233 g/mol. The molecule has 0 aromatic heterocycles. The number of hydrazine groups is 2. The van der Waals surface area contributed by atoms with E-state index in [-0.39, 0.29) is 0 Å². The summed E-state index contributed by atoms with van der Waals surface area (Å²) in [6.07, 6.45) is -0.598. The molecule has 0 saturated heterocycles. The molecule has 0 aliphatic rings. The predicted octanol–water partition coefficient (Wildman–Crippen LogP) is -3.57. The van der Waals surface area contributed by atoms with Crippen molar-refractivity contribution in [2.75, 3.05) is 12.8 Å². The Morgan fingerprint density at radius 2 is 1.57 bits per heavy atom. The van der Waals surface area contributed by atoms with Crippen LogP contribution in [0, 0.1) is 0 Å². The van der Waals surface area contributed by atoms with Crippen molar-refractivity contribution in [2.45, 2.75) is 0 Å². The van der Waals surface area contributed by atoms with Gasteiger partial charge in [-0.25, -0.2) is 0 Å². The number of aliphatic carboxylic acids is 1. The van der Waals surface area contributed by atoms with Crippen LogP contribution in [0.4, 0.5) is 0 Å². The molecule has 88 valence electrons. The van der Waals surface area contributed by atoms with E-state index in [4.69, 9.17) is 14.9 Å². The maximum absolute atomic E-state index is 10.1. The van der Waals surface area contributed by atoms with E-state index in [0.717, 1.165) is 0 Å².